The average Bonchev–Trinajstić information content (AvgIpc) is 2.60. The third-order valence-electron chi connectivity index (χ3n) is 4.19. The number of rotatable bonds is 16. The molecule has 0 aliphatic heterocycles. The summed E-state index contributed by atoms with van der Waals surface area (Å²) in [4.78, 5) is 4.42. The SMILES string of the molecule is CCCCCCCCOc1cccc(OCCCCCCCC)n1. The van der Waals surface area contributed by atoms with E-state index in [1.807, 2.05) is 18.2 Å². The summed E-state index contributed by atoms with van der Waals surface area (Å²) in [5.74, 6) is 1.37. The Hall–Kier alpha value is -1.25. The van der Waals surface area contributed by atoms with Crippen LogP contribution in [0.5, 0.6) is 11.8 Å². The van der Waals surface area contributed by atoms with Gasteiger partial charge in [-0.3, -0.25) is 0 Å². The largest absolute Gasteiger partial charge is 0.478 e. The molecule has 0 N–H and O–H groups in total. The van der Waals surface area contributed by atoms with Gasteiger partial charge in [0.05, 0.1) is 13.2 Å². The number of pyridine rings is 1. The number of unbranched alkanes of at least 4 members (excludes halogenated alkanes) is 10. The van der Waals surface area contributed by atoms with E-state index in [1.54, 1.807) is 0 Å². The summed E-state index contributed by atoms with van der Waals surface area (Å²) in [6, 6.07) is 5.78. The van der Waals surface area contributed by atoms with Gasteiger partial charge in [-0.1, -0.05) is 84.1 Å². The Morgan fingerprint density at radius 3 is 1.50 bits per heavy atom. The zero-order valence-electron chi connectivity index (χ0n) is 15.9. The monoisotopic (exact) mass is 335 g/mol. The van der Waals surface area contributed by atoms with Crippen molar-refractivity contribution in [3.05, 3.63) is 18.2 Å². The van der Waals surface area contributed by atoms with Crippen LogP contribution in [-0.4, -0.2) is 18.2 Å². The number of hydrogen-bond acceptors (Lipinski definition) is 3. The van der Waals surface area contributed by atoms with Crippen molar-refractivity contribution in [2.45, 2.75) is 90.9 Å². The second-order valence-corrected chi connectivity index (χ2v) is 6.55. The van der Waals surface area contributed by atoms with E-state index in [4.69, 9.17) is 9.47 Å². The summed E-state index contributed by atoms with van der Waals surface area (Å²) >= 11 is 0. The molecule has 1 aromatic heterocycles. The van der Waals surface area contributed by atoms with Crippen LogP contribution in [0.4, 0.5) is 0 Å². The second kappa shape index (κ2) is 15.3. The van der Waals surface area contributed by atoms with Gasteiger partial charge >= 0.3 is 0 Å². The minimum atomic E-state index is 0.684. The maximum Gasteiger partial charge on any atom is 0.216 e. The van der Waals surface area contributed by atoms with Crippen molar-refractivity contribution >= 4 is 0 Å². The van der Waals surface area contributed by atoms with Gasteiger partial charge in [-0.15, -0.1) is 0 Å². The molecule has 0 aromatic carbocycles. The summed E-state index contributed by atoms with van der Waals surface area (Å²) in [6.45, 7) is 5.99. The highest BCUT2D eigenvalue weighted by Crippen LogP contribution is 2.15. The molecule has 0 radical (unpaired) electrons. The van der Waals surface area contributed by atoms with Crippen LogP contribution in [0.15, 0.2) is 18.2 Å². The van der Waals surface area contributed by atoms with E-state index in [1.165, 1.54) is 64.2 Å². The minimum absolute atomic E-state index is 0.684. The van der Waals surface area contributed by atoms with E-state index >= 15 is 0 Å². The van der Waals surface area contributed by atoms with Gasteiger partial charge in [-0.25, -0.2) is 0 Å². The first-order chi connectivity index (χ1) is 11.9. The molecule has 1 aromatic rings. The van der Waals surface area contributed by atoms with Crippen molar-refractivity contribution in [1.29, 1.82) is 0 Å². The summed E-state index contributed by atoms with van der Waals surface area (Å²) in [6.07, 6.45) is 15.3. The molecule has 0 atom stereocenters. The standard InChI is InChI=1S/C21H37NO2/c1-3-5-7-9-11-13-18-23-20-16-15-17-21(22-20)24-19-14-12-10-8-6-4-2/h15-17H,3-14,18-19H2,1-2H3. The molecule has 3 nitrogen and oxygen atoms in total. The molecule has 0 saturated carbocycles. The molecule has 0 aliphatic rings. The van der Waals surface area contributed by atoms with Crippen molar-refractivity contribution in [3.63, 3.8) is 0 Å². The zero-order valence-corrected chi connectivity index (χ0v) is 15.9. The van der Waals surface area contributed by atoms with Crippen molar-refractivity contribution < 1.29 is 9.47 Å². The Balaban J connectivity index is 2.08. The number of hydrogen-bond donors (Lipinski definition) is 0. The summed E-state index contributed by atoms with van der Waals surface area (Å²) < 4.78 is 11.5. The van der Waals surface area contributed by atoms with Gasteiger partial charge in [0, 0.05) is 12.1 Å². The molecule has 0 fully saturated rings. The molecule has 0 bridgehead atoms. The van der Waals surface area contributed by atoms with Crippen molar-refractivity contribution in [1.82, 2.24) is 4.98 Å². The average molecular weight is 336 g/mol. The van der Waals surface area contributed by atoms with Crippen LogP contribution in [0.1, 0.15) is 90.9 Å². The van der Waals surface area contributed by atoms with E-state index in [0.717, 1.165) is 26.1 Å². The Bertz CT molecular complexity index is 362. The predicted octanol–water partition coefficient (Wildman–Crippen LogP) is 6.56. The Morgan fingerprint density at radius 1 is 0.625 bits per heavy atom. The predicted molar refractivity (Wildman–Crippen MR) is 102 cm³/mol. The fourth-order valence-corrected chi connectivity index (χ4v) is 2.67. The van der Waals surface area contributed by atoms with E-state index in [-0.39, 0.29) is 0 Å². The topological polar surface area (TPSA) is 31.4 Å². The maximum atomic E-state index is 5.73. The molecule has 1 rings (SSSR count). The number of aromatic nitrogens is 1. The summed E-state index contributed by atoms with van der Waals surface area (Å²) in [5, 5.41) is 0. The quantitative estimate of drug-likeness (QED) is 0.320. The first-order valence-corrected chi connectivity index (χ1v) is 10.1. The van der Waals surface area contributed by atoms with Crippen molar-refractivity contribution in [3.8, 4) is 11.8 Å². The zero-order chi connectivity index (χ0) is 17.3. The molecule has 0 saturated heterocycles. The Labute approximate surface area is 149 Å². The fourth-order valence-electron chi connectivity index (χ4n) is 2.67. The van der Waals surface area contributed by atoms with Crippen LogP contribution in [0.25, 0.3) is 0 Å². The van der Waals surface area contributed by atoms with E-state index in [9.17, 15) is 0 Å². The Kier molecular flexibility index (Phi) is 13.2. The van der Waals surface area contributed by atoms with Crippen LogP contribution in [0.3, 0.4) is 0 Å². The molecule has 0 spiro atoms. The molecule has 138 valence electrons. The molecular weight excluding hydrogens is 298 g/mol. The van der Waals surface area contributed by atoms with Gasteiger partial charge < -0.3 is 9.47 Å². The van der Waals surface area contributed by atoms with Crippen molar-refractivity contribution in [2.75, 3.05) is 13.2 Å². The highest BCUT2D eigenvalue weighted by molar-refractivity contribution is 5.19. The van der Waals surface area contributed by atoms with Gasteiger partial charge in [0.25, 0.3) is 0 Å². The van der Waals surface area contributed by atoms with Gasteiger partial charge in [-0.2, -0.15) is 4.98 Å². The van der Waals surface area contributed by atoms with Crippen LogP contribution < -0.4 is 9.47 Å². The molecule has 1 heterocycles. The lowest BCUT2D eigenvalue weighted by Crippen LogP contribution is -2.02. The maximum absolute atomic E-state index is 5.73. The van der Waals surface area contributed by atoms with Crippen LogP contribution in [-0.2, 0) is 0 Å². The summed E-state index contributed by atoms with van der Waals surface area (Å²) in [5.41, 5.74) is 0. The first-order valence-electron chi connectivity index (χ1n) is 10.1. The van der Waals surface area contributed by atoms with Crippen LogP contribution in [0.2, 0.25) is 0 Å². The van der Waals surface area contributed by atoms with E-state index in [0.29, 0.717) is 11.8 Å². The Morgan fingerprint density at radius 2 is 1.04 bits per heavy atom. The smallest absolute Gasteiger partial charge is 0.216 e. The van der Waals surface area contributed by atoms with Crippen LogP contribution in [0, 0.1) is 0 Å². The number of nitrogens with zero attached hydrogens (tertiary/aromatic N) is 1. The molecule has 0 unspecified atom stereocenters. The minimum Gasteiger partial charge on any atom is -0.478 e. The van der Waals surface area contributed by atoms with Crippen LogP contribution >= 0.6 is 0 Å². The van der Waals surface area contributed by atoms with Gasteiger partial charge in [0.1, 0.15) is 0 Å². The normalized spacial score (nSPS) is 10.8. The highest BCUT2D eigenvalue weighted by atomic mass is 16.5. The number of ether oxygens (including phenoxy) is 2. The first kappa shape index (κ1) is 20.8. The lowest BCUT2D eigenvalue weighted by Gasteiger charge is -2.08. The molecule has 0 aliphatic carbocycles. The fraction of sp³-hybridized carbons (Fsp3) is 0.762. The van der Waals surface area contributed by atoms with Crippen molar-refractivity contribution in [2.24, 2.45) is 0 Å². The van der Waals surface area contributed by atoms with Gasteiger partial charge in [0.15, 0.2) is 0 Å². The van der Waals surface area contributed by atoms with E-state index < -0.39 is 0 Å². The van der Waals surface area contributed by atoms with Gasteiger partial charge in [-0.05, 0) is 12.8 Å². The lowest BCUT2D eigenvalue weighted by molar-refractivity contribution is 0.269. The third kappa shape index (κ3) is 11.3. The molecule has 3 heteroatoms. The molecule has 24 heavy (non-hydrogen) atoms. The lowest BCUT2D eigenvalue weighted by atomic mass is 10.1. The van der Waals surface area contributed by atoms with Gasteiger partial charge in [0.2, 0.25) is 11.8 Å². The third-order valence-corrected chi connectivity index (χ3v) is 4.19. The molecular formula is C21H37NO2. The van der Waals surface area contributed by atoms with E-state index in [2.05, 4.69) is 18.8 Å². The summed E-state index contributed by atoms with van der Waals surface area (Å²) in [7, 11) is 0. The highest BCUT2D eigenvalue weighted by Gasteiger charge is 2.00. The molecule has 0 amide bonds. The second-order valence-electron chi connectivity index (χ2n) is 6.55.